The van der Waals surface area contributed by atoms with Crippen LogP contribution in [0.4, 0.5) is 11.4 Å². The van der Waals surface area contributed by atoms with Crippen LogP contribution in [0.15, 0.2) is 182 Å². The van der Waals surface area contributed by atoms with Crippen LogP contribution in [0, 0.1) is 12.1 Å². The predicted molar refractivity (Wildman–Crippen MR) is 218 cm³/mol. The first-order valence-corrected chi connectivity index (χ1v) is 18.0. The highest BCUT2D eigenvalue weighted by molar-refractivity contribution is 6.10. The van der Waals surface area contributed by atoms with Gasteiger partial charge in [-0.2, -0.15) is 0 Å². The third-order valence-corrected chi connectivity index (χ3v) is 10.5. The summed E-state index contributed by atoms with van der Waals surface area (Å²) in [5.41, 5.74) is 13.2. The zero-order valence-corrected chi connectivity index (χ0v) is 28.6. The predicted octanol–water partition coefficient (Wildman–Crippen LogP) is 13.0. The summed E-state index contributed by atoms with van der Waals surface area (Å²) in [7, 11) is 0. The second-order valence-corrected chi connectivity index (χ2v) is 13.5. The Balaban J connectivity index is 1.19. The third-order valence-electron chi connectivity index (χ3n) is 10.5. The van der Waals surface area contributed by atoms with E-state index in [0.29, 0.717) is 0 Å². The highest BCUT2D eigenvalue weighted by Gasteiger charge is 2.27. The minimum Gasteiger partial charge on any atom is -0.314 e. The van der Waals surface area contributed by atoms with E-state index in [0.717, 1.165) is 35.3 Å². The highest BCUT2D eigenvalue weighted by Crippen LogP contribution is 2.44. The molecule has 0 saturated heterocycles. The van der Waals surface area contributed by atoms with Crippen molar-refractivity contribution < 1.29 is 0 Å². The van der Waals surface area contributed by atoms with Gasteiger partial charge in [-0.1, -0.05) is 146 Å². The minimum absolute atomic E-state index is 0.887. The average molecular weight is 663 g/mol. The second-order valence-electron chi connectivity index (χ2n) is 13.5. The Bertz CT molecular complexity index is 2770. The molecule has 0 atom stereocenters. The van der Waals surface area contributed by atoms with E-state index in [-0.39, 0.29) is 0 Å². The van der Waals surface area contributed by atoms with Gasteiger partial charge in [0.2, 0.25) is 0 Å². The van der Waals surface area contributed by atoms with Crippen LogP contribution in [0.3, 0.4) is 0 Å². The Hall–Kier alpha value is -6.82. The Morgan fingerprint density at radius 3 is 2.06 bits per heavy atom. The van der Waals surface area contributed by atoms with Gasteiger partial charge in [-0.05, 0) is 88.7 Å². The quantitative estimate of drug-likeness (QED) is 0.172. The molecule has 0 fully saturated rings. The fraction of sp³-hybridized carbons (Fsp3) is 0.0400. The fourth-order valence-electron chi connectivity index (χ4n) is 8.19. The summed E-state index contributed by atoms with van der Waals surface area (Å²) in [6, 6.07) is 69.9. The molecule has 2 heteroatoms. The van der Waals surface area contributed by atoms with Crippen LogP contribution in [0.1, 0.15) is 17.7 Å². The molecule has 1 heterocycles. The Morgan fingerprint density at radius 2 is 1.23 bits per heavy atom. The first-order chi connectivity index (χ1) is 25.8. The molecule has 8 aromatic carbocycles. The largest absolute Gasteiger partial charge is 0.314 e. The molecular formula is C50H34N2. The molecule has 1 aliphatic rings. The van der Waals surface area contributed by atoms with Gasteiger partial charge in [0.1, 0.15) is 0 Å². The number of benzene rings is 7. The lowest BCUT2D eigenvalue weighted by Crippen LogP contribution is -2.20. The van der Waals surface area contributed by atoms with Gasteiger partial charge in [0, 0.05) is 50.2 Å². The van der Waals surface area contributed by atoms with Crippen molar-refractivity contribution in [3.63, 3.8) is 0 Å². The smallest absolute Gasteiger partial charge is 0.0616 e. The number of allylic oxidation sites excluding steroid dienone is 1. The second kappa shape index (κ2) is 12.5. The fourth-order valence-corrected chi connectivity index (χ4v) is 8.19. The molecule has 52 heavy (non-hydrogen) atoms. The van der Waals surface area contributed by atoms with E-state index in [1.54, 1.807) is 0 Å². The average Bonchev–Trinajstić information content (AvgIpc) is 3.56. The summed E-state index contributed by atoms with van der Waals surface area (Å²) in [5.74, 6) is 0. The molecule has 0 unspecified atom stereocenters. The molecule has 1 aliphatic carbocycles. The van der Waals surface area contributed by atoms with E-state index in [9.17, 15) is 0 Å². The number of aromatic nitrogens is 1. The van der Waals surface area contributed by atoms with Crippen LogP contribution in [0.2, 0.25) is 0 Å². The molecule has 2 nitrogen and oxygen atoms in total. The van der Waals surface area contributed by atoms with Crippen molar-refractivity contribution in [2.45, 2.75) is 12.8 Å². The van der Waals surface area contributed by atoms with Crippen LogP contribution in [-0.2, 0) is 6.42 Å². The van der Waals surface area contributed by atoms with E-state index >= 15 is 0 Å². The van der Waals surface area contributed by atoms with E-state index in [4.69, 9.17) is 0 Å². The van der Waals surface area contributed by atoms with E-state index in [1.165, 1.54) is 66.2 Å². The first kappa shape index (κ1) is 30.0. The number of para-hydroxylation sites is 2. The van der Waals surface area contributed by atoms with Crippen LogP contribution in [0.25, 0.3) is 66.5 Å². The summed E-state index contributed by atoms with van der Waals surface area (Å²) in [5, 5.41) is 6.32. The zero-order chi connectivity index (χ0) is 34.4. The van der Waals surface area contributed by atoms with Crippen molar-refractivity contribution in [3.8, 4) is 27.9 Å². The molecule has 0 aliphatic heterocycles. The molecule has 0 saturated carbocycles. The summed E-state index contributed by atoms with van der Waals surface area (Å²) in [6.07, 6.45) is 4.25. The summed E-state index contributed by atoms with van der Waals surface area (Å²) >= 11 is 0. The molecule has 0 amide bonds. The number of nitrogens with zero attached hydrogens (tertiary/aromatic N) is 2. The van der Waals surface area contributed by atoms with Crippen molar-refractivity contribution in [2.24, 2.45) is 0 Å². The van der Waals surface area contributed by atoms with E-state index < -0.39 is 0 Å². The van der Waals surface area contributed by atoms with Crippen molar-refractivity contribution >= 4 is 49.9 Å². The van der Waals surface area contributed by atoms with Gasteiger partial charge in [0.25, 0.3) is 0 Å². The van der Waals surface area contributed by atoms with Crippen molar-refractivity contribution in [1.29, 1.82) is 0 Å². The van der Waals surface area contributed by atoms with Crippen LogP contribution < -0.4 is 4.90 Å². The molecule has 244 valence electrons. The lowest BCUT2D eigenvalue weighted by atomic mass is 9.95. The molecule has 0 bridgehead atoms. The monoisotopic (exact) mass is 662 g/mol. The van der Waals surface area contributed by atoms with Gasteiger partial charge in [-0.25, -0.2) is 0 Å². The summed E-state index contributed by atoms with van der Waals surface area (Å²) in [6.45, 7) is 0. The number of anilines is 2. The maximum Gasteiger partial charge on any atom is 0.0616 e. The van der Waals surface area contributed by atoms with Crippen LogP contribution >= 0.6 is 0 Å². The standard InChI is InChI=1S/C50H34N2/c1-3-14-36(15-4-1)44-22-11-12-25-48(44)51(40-29-26-38(27-30-40)43-24-13-18-35-16-7-9-21-42(35)43)41-31-33-49-47(34-41)46-32-28-37-17-8-10-23-45(37)50(46)52(49)39-19-5-2-6-20-39/h1-3,5-14,16-30,32,34H,31,33H2. The third kappa shape index (κ3) is 4.98. The molecule has 0 N–H and O–H groups in total. The van der Waals surface area contributed by atoms with Gasteiger partial charge < -0.3 is 9.47 Å². The summed E-state index contributed by atoms with van der Waals surface area (Å²) < 4.78 is 2.51. The van der Waals surface area contributed by atoms with Crippen molar-refractivity contribution in [3.05, 3.63) is 205 Å². The molecule has 1 aromatic heterocycles. The Labute approximate surface area is 304 Å². The minimum atomic E-state index is 0.887. The SMILES string of the molecule is c1cccc(-c2ccccc2N(C2=Cc3c(n(-c4ccccc4)c4c3ccc3ccccc34)CC2)c2ccc(-c3cccc4ccccc34)cc2)c#1. The lowest BCUT2D eigenvalue weighted by molar-refractivity contribution is 0.839. The van der Waals surface area contributed by atoms with Crippen molar-refractivity contribution in [2.75, 3.05) is 4.90 Å². The van der Waals surface area contributed by atoms with Gasteiger partial charge in [0.15, 0.2) is 0 Å². The normalized spacial score (nSPS) is 12.4. The zero-order valence-electron chi connectivity index (χ0n) is 28.6. The molecule has 10 rings (SSSR count). The lowest BCUT2D eigenvalue weighted by Gasteiger charge is -2.32. The van der Waals surface area contributed by atoms with Gasteiger partial charge in [-0.3, -0.25) is 0 Å². The van der Waals surface area contributed by atoms with Gasteiger partial charge in [0.05, 0.1) is 11.2 Å². The van der Waals surface area contributed by atoms with Crippen LogP contribution in [-0.4, -0.2) is 4.57 Å². The van der Waals surface area contributed by atoms with E-state index in [2.05, 4.69) is 191 Å². The number of rotatable bonds is 6. The maximum atomic E-state index is 3.39. The van der Waals surface area contributed by atoms with Crippen LogP contribution in [0.5, 0.6) is 0 Å². The Morgan fingerprint density at radius 1 is 0.519 bits per heavy atom. The van der Waals surface area contributed by atoms with E-state index in [1.807, 2.05) is 12.1 Å². The molecule has 9 aromatic rings. The van der Waals surface area contributed by atoms with Crippen molar-refractivity contribution in [1.82, 2.24) is 4.57 Å². The highest BCUT2D eigenvalue weighted by atomic mass is 15.2. The molecule has 0 spiro atoms. The number of hydrogen-bond acceptors (Lipinski definition) is 1. The number of hydrogen-bond donors (Lipinski definition) is 0. The summed E-state index contributed by atoms with van der Waals surface area (Å²) in [4.78, 5) is 2.47. The molecular weight excluding hydrogens is 629 g/mol. The Kier molecular flexibility index (Phi) is 7.22. The first-order valence-electron chi connectivity index (χ1n) is 18.0. The molecule has 0 radical (unpaired) electrons. The topological polar surface area (TPSA) is 8.17 Å². The maximum absolute atomic E-state index is 3.39. The number of fused-ring (bicyclic) bond motifs is 6. The van der Waals surface area contributed by atoms with Gasteiger partial charge >= 0.3 is 0 Å². The van der Waals surface area contributed by atoms with Gasteiger partial charge in [-0.15, -0.1) is 0 Å².